The Morgan fingerprint density at radius 1 is 1.10 bits per heavy atom. The monoisotopic (exact) mass is 338 g/mol. The molecule has 0 aliphatic carbocycles. The van der Waals surface area contributed by atoms with Crippen LogP contribution in [0.25, 0.3) is 0 Å². The molecule has 2 aromatic rings. The van der Waals surface area contributed by atoms with E-state index in [2.05, 4.69) is 22.3 Å². The normalized spacial score (nSPS) is 18.4. The van der Waals surface area contributed by atoms with Crippen molar-refractivity contribution in [3.05, 3.63) is 63.1 Å². The minimum absolute atomic E-state index is 0.144. The summed E-state index contributed by atoms with van der Waals surface area (Å²) in [5.41, 5.74) is 2.02. The number of anilines is 1. The second-order valence-electron chi connectivity index (χ2n) is 4.90. The fourth-order valence-corrected chi connectivity index (χ4v) is 3.18. The predicted molar refractivity (Wildman–Crippen MR) is 88.5 cm³/mol. The Kier molecular flexibility index (Phi) is 4.47. The Morgan fingerprint density at radius 2 is 1.95 bits per heavy atom. The molecule has 1 fully saturated rings. The fourth-order valence-electron chi connectivity index (χ4n) is 2.56. The van der Waals surface area contributed by atoms with E-state index in [1.54, 1.807) is 6.07 Å². The third kappa shape index (κ3) is 3.22. The summed E-state index contributed by atoms with van der Waals surface area (Å²) in [6.07, 6.45) is 0. The van der Waals surface area contributed by atoms with E-state index in [4.69, 9.17) is 34.8 Å². The van der Waals surface area contributed by atoms with Crippen molar-refractivity contribution in [1.29, 1.82) is 0 Å². The van der Waals surface area contributed by atoms with E-state index in [9.17, 15) is 0 Å². The molecule has 108 valence electrons. The molecule has 0 amide bonds. The molecule has 0 unspecified atom stereocenters. The maximum Gasteiger partial charge on any atom is 0.0908 e. The van der Waals surface area contributed by atoms with Gasteiger partial charge in [0.05, 0.1) is 21.8 Å². The molecule has 0 spiro atoms. The summed E-state index contributed by atoms with van der Waals surface area (Å²) in [7, 11) is 0. The van der Waals surface area contributed by atoms with E-state index in [0.29, 0.717) is 15.1 Å². The molecule has 3 rings (SSSR count). The van der Waals surface area contributed by atoms with E-state index >= 15 is 0 Å². The molecular formula is C16H13Cl3N2. The molecule has 5 heteroatoms. The van der Waals surface area contributed by atoms with Crippen LogP contribution in [-0.4, -0.2) is 19.6 Å². The maximum atomic E-state index is 6.36. The highest BCUT2D eigenvalue weighted by atomic mass is 35.5. The first kappa shape index (κ1) is 14.8. The van der Waals surface area contributed by atoms with Gasteiger partial charge in [-0.2, -0.15) is 0 Å². The van der Waals surface area contributed by atoms with E-state index in [0.717, 1.165) is 30.9 Å². The topological polar surface area (TPSA) is 15.3 Å². The number of rotatable bonds is 2. The van der Waals surface area contributed by atoms with E-state index in [-0.39, 0.29) is 6.04 Å². The molecule has 0 radical (unpaired) electrons. The van der Waals surface area contributed by atoms with Crippen molar-refractivity contribution >= 4 is 40.5 Å². The average molecular weight is 340 g/mol. The van der Waals surface area contributed by atoms with Gasteiger partial charge in [0.1, 0.15) is 0 Å². The first-order chi connectivity index (χ1) is 10.1. The molecule has 21 heavy (non-hydrogen) atoms. The van der Waals surface area contributed by atoms with Crippen molar-refractivity contribution < 1.29 is 0 Å². The first-order valence-corrected chi connectivity index (χ1v) is 7.80. The highest BCUT2D eigenvalue weighted by Gasteiger charge is 2.25. The molecule has 1 N–H and O–H groups in total. The predicted octanol–water partition coefficient (Wildman–Crippen LogP) is 4.40. The molecular weight excluding hydrogens is 327 g/mol. The number of nitrogens with zero attached hydrogens (tertiary/aromatic N) is 1. The SMILES string of the molecule is Clc1c#cc([C@@H]2CNCCN2c2ccc(Cl)cc2Cl)cc1. The van der Waals surface area contributed by atoms with Crippen molar-refractivity contribution in [3.63, 3.8) is 0 Å². The summed E-state index contributed by atoms with van der Waals surface area (Å²) < 4.78 is 0. The van der Waals surface area contributed by atoms with Gasteiger partial charge < -0.3 is 10.2 Å². The molecule has 2 nitrogen and oxygen atoms in total. The summed E-state index contributed by atoms with van der Waals surface area (Å²) in [5.74, 6) is 0. The molecule has 1 atom stereocenters. The Hall–Kier alpha value is -1.11. The van der Waals surface area contributed by atoms with Gasteiger partial charge in [0, 0.05) is 30.2 Å². The highest BCUT2D eigenvalue weighted by Crippen LogP contribution is 2.34. The summed E-state index contributed by atoms with van der Waals surface area (Å²) in [6, 6.07) is 15.6. The van der Waals surface area contributed by atoms with Crippen molar-refractivity contribution in [2.45, 2.75) is 6.04 Å². The van der Waals surface area contributed by atoms with Gasteiger partial charge in [0.15, 0.2) is 0 Å². The average Bonchev–Trinajstić information content (AvgIpc) is 2.48. The van der Waals surface area contributed by atoms with E-state index < -0.39 is 0 Å². The number of benzene rings is 1. The lowest BCUT2D eigenvalue weighted by molar-refractivity contribution is 0.490. The lowest BCUT2D eigenvalue weighted by Crippen LogP contribution is -2.46. The molecule has 1 heterocycles. The molecule has 0 aromatic heterocycles. The number of piperazine rings is 1. The molecule has 1 saturated heterocycles. The van der Waals surface area contributed by atoms with Crippen LogP contribution in [0.2, 0.25) is 15.1 Å². The minimum atomic E-state index is 0.144. The van der Waals surface area contributed by atoms with Gasteiger partial charge >= 0.3 is 0 Å². The molecule has 1 aliphatic heterocycles. The van der Waals surface area contributed by atoms with E-state index in [1.165, 1.54) is 0 Å². The Morgan fingerprint density at radius 3 is 2.67 bits per heavy atom. The van der Waals surface area contributed by atoms with E-state index in [1.807, 2.05) is 24.3 Å². The second-order valence-corrected chi connectivity index (χ2v) is 6.15. The zero-order valence-corrected chi connectivity index (χ0v) is 13.4. The van der Waals surface area contributed by atoms with Gasteiger partial charge in [-0.15, -0.1) is 0 Å². The van der Waals surface area contributed by atoms with Crippen LogP contribution in [0.15, 0.2) is 30.3 Å². The maximum absolute atomic E-state index is 6.36. The van der Waals surface area contributed by atoms with Gasteiger partial charge in [-0.25, -0.2) is 0 Å². The number of hydrogen-bond donors (Lipinski definition) is 1. The van der Waals surface area contributed by atoms with Crippen LogP contribution in [-0.2, 0) is 0 Å². The van der Waals surface area contributed by atoms with Crippen LogP contribution in [0.1, 0.15) is 11.6 Å². The van der Waals surface area contributed by atoms with Crippen molar-refractivity contribution in [1.82, 2.24) is 5.32 Å². The second kappa shape index (κ2) is 6.34. The summed E-state index contributed by atoms with van der Waals surface area (Å²) >= 11 is 18.2. The zero-order valence-electron chi connectivity index (χ0n) is 11.2. The van der Waals surface area contributed by atoms with Gasteiger partial charge in [0.25, 0.3) is 0 Å². The number of hydrogen-bond acceptors (Lipinski definition) is 2. The molecule has 1 aliphatic rings. The summed E-state index contributed by atoms with van der Waals surface area (Å²) in [6.45, 7) is 2.60. The lowest BCUT2D eigenvalue weighted by Gasteiger charge is -2.38. The summed E-state index contributed by atoms with van der Waals surface area (Å²) in [5, 5.41) is 5.27. The number of halogens is 3. The summed E-state index contributed by atoms with van der Waals surface area (Å²) in [4.78, 5) is 2.27. The van der Waals surface area contributed by atoms with Gasteiger partial charge in [0.2, 0.25) is 0 Å². The molecule has 0 bridgehead atoms. The first-order valence-electron chi connectivity index (χ1n) is 6.67. The zero-order chi connectivity index (χ0) is 14.8. The van der Waals surface area contributed by atoms with Crippen molar-refractivity contribution in [3.8, 4) is 0 Å². The Labute approximate surface area is 139 Å². The molecule has 0 saturated carbocycles. The highest BCUT2D eigenvalue weighted by molar-refractivity contribution is 6.36. The number of nitrogens with one attached hydrogen (secondary N) is 1. The third-order valence-corrected chi connectivity index (χ3v) is 4.32. The smallest absolute Gasteiger partial charge is 0.0908 e. The quantitative estimate of drug-likeness (QED) is 0.872. The molecule has 2 aromatic carbocycles. The van der Waals surface area contributed by atoms with Crippen LogP contribution in [0, 0.1) is 12.1 Å². The minimum Gasteiger partial charge on any atom is -0.360 e. The van der Waals surface area contributed by atoms with Crippen LogP contribution < -0.4 is 10.2 Å². The van der Waals surface area contributed by atoms with Crippen molar-refractivity contribution in [2.75, 3.05) is 24.5 Å². The van der Waals surface area contributed by atoms with Gasteiger partial charge in [-0.3, -0.25) is 0 Å². The lowest BCUT2D eigenvalue weighted by atomic mass is 10.0. The standard InChI is InChI=1S/C16H13Cl3N2/c17-12-3-1-11(2-4-12)16-10-20-7-8-21(16)15-6-5-13(18)9-14(15)19/h1,3,5-6,9,16,20H,7-8,10H2/t16-/m0/s1. The van der Waals surface area contributed by atoms with Crippen LogP contribution in [0.4, 0.5) is 5.69 Å². The fraction of sp³-hybridized carbons (Fsp3) is 0.250. The van der Waals surface area contributed by atoms with Crippen LogP contribution >= 0.6 is 34.8 Å². The van der Waals surface area contributed by atoms with Crippen LogP contribution in [0.5, 0.6) is 0 Å². The third-order valence-electron chi connectivity index (χ3n) is 3.56. The largest absolute Gasteiger partial charge is 0.360 e. The Balaban J connectivity index is 1.96. The Bertz CT molecular complexity index is 628. The van der Waals surface area contributed by atoms with Crippen molar-refractivity contribution in [2.24, 2.45) is 0 Å². The van der Waals surface area contributed by atoms with Gasteiger partial charge in [-0.1, -0.05) is 40.9 Å². The van der Waals surface area contributed by atoms with Crippen LogP contribution in [0.3, 0.4) is 0 Å². The van der Waals surface area contributed by atoms with Gasteiger partial charge in [-0.05, 0) is 36.4 Å².